The zero-order valence-electron chi connectivity index (χ0n) is 11.4. The molecule has 0 saturated carbocycles. The van der Waals surface area contributed by atoms with Gasteiger partial charge < -0.3 is 0 Å². The van der Waals surface area contributed by atoms with Crippen LogP contribution in [-0.4, -0.2) is 20.3 Å². The molecule has 3 heterocycles. The number of hydrogen-bond acceptors (Lipinski definition) is 5. The van der Waals surface area contributed by atoms with Crippen LogP contribution in [0.1, 0.15) is 41.6 Å². The summed E-state index contributed by atoms with van der Waals surface area (Å²) in [6.45, 7) is 6.14. The fourth-order valence-electron chi connectivity index (χ4n) is 1.77. The van der Waals surface area contributed by atoms with Gasteiger partial charge in [-0.3, -0.25) is 14.5 Å². The number of nitrogens with zero attached hydrogens (tertiary/aromatic N) is 3. The molecule has 104 valence electrons. The van der Waals surface area contributed by atoms with Crippen LogP contribution < -0.4 is 5.32 Å². The quantitative estimate of drug-likeness (QED) is 0.805. The van der Waals surface area contributed by atoms with Gasteiger partial charge in [-0.15, -0.1) is 22.7 Å². The van der Waals surface area contributed by atoms with Gasteiger partial charge in [0.25, 0.3) is 5.91 Å². The predicted molar refractivity (Wildman–Crippen MR) is 82.0 cm³/mol. The van der Waals surface area contributed by atoms with Crippen molar-refractivity contribution in [2.75, 3.05) is 5.32 Å². The minimum absolute atomic E-state index is 0.218. The first-order chi connectivity index (χ1) is 9.54. The van der Waals surface area contributed by atoms with Gasteiger partial charge in [-0.05, 0) is 12.8 Å². The number of amides is 1. The highest BCUT2D eigenvalue weighted by molar-refractivity contribution is 7.15. The summed E-state index contributed by atoms with van der Waals surface area (Å²) >= 11 is 2.96. The molecule has 0 aliphatic carbocycles. The Morgan fingerprint density at radius 1 is 1.30 bits per heavy atom. The molecule has 3 rings (SSSR count). The number of hydrogen-bond donors (Lipinski definition) is 1. The zero-order valence-corrected chi connectivity index (χ0v) is 13.0. The molecule has 20 heavy (non-hydrogen) atoms. The van der Waals surface area contributed by atoms with E-state index >= 15 is 0 Å². The predicted octanol–water partition coefficient (Wildman–Crippen LogP) is 3.54. The number of carbonyl (C=O) groups is 1. The molecule has 0 fully saturated rings. The second-order valence-electron chi connectivity index (χ2n) is 4.84. The highest BCUT2D eigenvalue weighted by Crippen LogP contribution is 2.22. The minimum Gasteiger partial charge on any atom is -0.296 e. The Kier molecular flexibility index (Phi) is 3.31. The van der Waals surface area contributed by atoms with Gasteiger partial charge in [0, 0.05) is 22.7 Å². The van der Waals surface area contributed by atoms with E-state index in [4.69, 9.17) is 0 Å². The van der Waals surface area contributed by atoms with E-state index in [0.717, 1.165) is 16.3 Å². The number of aryl methyl sites for hydroxylation is 1. The van der Waals surface area contributed by atoms with Gasteiger partial charge in [-0.25, -0.2) is 9.97 Å². The van der Waals surface area contributed by atoms with Crippen LogP contribution in [0.2, 0.25) is 0 Å². The molecule has 3 aromatic rings. The van der Waals surface area contributed by atoms with Crippen molar-refractivity contribution in [3.05, 3.63) is 34.0 Å². The Bertz CT molecular complexity index is 768. The summed E-state index contributed by atoms with van der Waals surface area (Å²) in [5, 5.41) is 7.40. The van der Waals surface area contributed by atoms with Crippen molar-refractivity contribution in [1.29, 1.82) is 0 Å². The van der Waals surface area contributed by atoms with E-state index in [9.17, 15) is 4.79 Å². The van der Waals surface area contributed by atoms with Crippen molar-refractivity contribution >= 4 is 38.7 Å². The van der Waals surface area contributed by atoms with E-state index in [-0.39, 0.29) is 5.91 Å². The fraction of sp³-hybridized carbons (Fsp3) is 0.308. The second kappa shape index (κ2) is 4.99. The third kappa shape index (κ3) is 2.34. The van der Waals surface area contributed by atoms with Gasteiger partial charge >= 0.3 is 0 Å². The van der Waals surface area contributed by atoms with Gasteiger partial charge in [0.2, 0.25) is 0 Å². The van der Waals surface area contributed by atoms with Crippen molar-refractivity contribution in [2.45, 2.75) is 26.7 Å². The Morgan fingerprint density at radius 2 is 2.10 bits per heavy atom. The van der Waals surface area contributed by atoms with Crippen LogP contribution >= 0.6 is 22.7 Å². The number of fused-ring (bicyclic) bond motifs is 1. The number of thiazole rings is 2. The van der Waals surface area contributed by atoms with Gasteiger partial charge in [0.05, 0.1) is 5.69 Å². The number of aromatic nitrogens is 3. The maximum atomic E-state index is 12.2. The normalized spacial score (nSPS) is 11.4. The van der Waals surface area contributed by atoms with Gasteiger partial charge in [-0.2, -0.15) is 0 Å². The first-order valence-electron chi connectivity index (χ1n) is 6.24. The SMILES string of the molecule is Cc1csc2nc(C(=O)Nc3nc(C(C)C)cs3)cn12. The van der Waals surface area contributed by atoms with Crippen LogP contribution in [0.3, 0.4) is 0 Å². The maximum absolute atomic E-state index is 12.2. The largest absolute Gasteiger partial charge is 0.296 e. The van der Waals surface area contributed by atoms with Crippen molar-refractivity contribution in [1.82, 2.24) is 14.4 Å². The molecule has 0 unspecified atom stereocenters. The minimum atomic E-state index is -0.218. The van der Waals surface area contributed by atoms with Gasteiger partial charge in [0.15, 0.2) is 10.1 Å². The highest BCUT2D eigenvalue weighted by atomic mass is 32.1. The summed E-state index contributed by atoms with van der Waals surface area (Å²) < 4.78 is 1.92. The van der Waals surface area contributed by atoms with Crippen LogP contribution in [-0.2, 0) is 0 Å². The molecule has 0 spiro atoms. The van der Waals surface area contributed by atoms with E-state index in [1.165, 1.54) is 22.7 Å². The van der Waals surface area contributed by atoms with Gasteiger partial charge in [-0.1, -0.05) is 13.8 Å². The Hall–Kier alpha value is -1.73. The molecule has 0 atom stereocenters. The first-order valence-corrected chi connectivity index (χ1v) is 8.00. The standard InChI is InChI=1S/C13H14N4OS2/c1-7(2)10-6-19-12(14-10)16-11(18)9-4-17-8(3)5-20-13(17)15-9/h4-7H,1-3H3,(H,14,16,18). The van der Waals surface area contributed by atoms with E-state index in [1.54, 1.807) is 6.20 Å². The lowest BCUT2D eigenvalue weighted by Crippen LogP contribution is -2.12. The van der Waals surface area contributed by atoms with Crippen LogP contribution in [0.15, 0.2) is 17.0 Å². The lowest BCUT2D eigenvalue weighted by Gasteiger charge is -1.99. The number of anilines is 1. The molecule has 0 aliphatic heterocycles. The number of carbonyl (C=O) groups excluding carboxylic acids is 1. The smallest absolute Gasteiger partial charge is 0.277 e. The summed E-state index contributed by atoms with van der Waals surface area (Å²) in [6.07, 6.45) is 1.76. The number of rotatable bonds is 3. The summed E-state index contributed by atoms with van der Waals surface area (Å²) in [5.41, 5.74) is 2.49. The number of imidazole rings is 1. The molecule has 0 aliphatic rings. The number of nitrogens with one attached hydrogen (secondary N) is 1. The van der Waals surface area contributed by atoms with E-state index in [0.29, 0.717) is 16.7 Å². The van der Waals surface area contributed by atoms with E-state index in [1.807, 2.05) is 22.1 Å². The third-order valence-electron chi connectivity index (χ3n) is 2.96. The molecule has 0 aromatic carbocycles. The summed E-state index contributed by atoms with van der Waals surface area (Å²) in [5.74, 6) is 0.141. The highest BCUT2D eigenvalue weighted by Gasteiger charge is 2.15. The lowest BCUT2D eigenvalue weighted by atomic mass is 10.2. The van der Waals surface area contributed by atoms with Crippen LogP contribution in [0, 0.1) is 6.92 Å². The van der Waals surface area contributed by atoms with Crippen LogP contribution in [0.25, 0.3) is 4.96 Å². The average Bonchev–Trinajstić information content (AvgIpc) is 3.07. The molecule has 0 bridgehead atoms. The van der Waals surface area contributed by atoms with Gasteiger partial charge in [0.1, 0.15) is 5.69 Å². The first kappa shape index (κ1) is 13.3. The molecular formula is C13H14N4OS2. The lowest BCUT2D eigenvalue weighted by molar-refractivity contribution is 0.102. The summed E-state index contributed by atoms with van der Waals surface area (Å²) in [6, 6.07) is 0. The van der Waals surface area contributed by atoms with Crippen molar-refractivity contribution < 1.29 is 4.79 Å². The topological polar surface area (TPSA) is 59.3 Å². The maximum Gasteiger partial charge on any atom is 0.277 e. The van der Waals surface area contributed by atoms with Crippen molar-refractivity contribution in [3.63, 3.8) is 0 Å². The second-order valence-corrected chi connectivity index (χ2v) is 6.54. The Balaban J connectivity index is 1.81. The molecule has 1 amide bonds. The van der Waals surface area contributed by atoms with Crippen molar-refractivity contribution in [3.8, 4) is 0 Å². The van der Waals surface area contributed by atoms with E-state index in [2.05, 4.69) is 29.1 Å². The molecule has 1 N–H and O–H groups in total. The summed E-state index contributed by atoms with van der Waals surface area (Å²) in [4.78, 5) is 21.7. The Morgan fingerprint density at radius 3 is 2.75 bits per heavy atom. The summed E-state index contributed by atoms with van der Waals surface area (Å²) in [7, 11) is 0. The molecule has 3 aromatic heterocycles. The van der Waals surface area contributed by atoms with Crippen LogP contribution in [0.5, 0.6) is 0 Å². The molecule has 0 saturated heterocycles. The molecular weight excluding hydrogens is 292 g/mol. The van der Waals surface area contributed by atoms with Crippen LogP contribution in [0.4, 0.5) is 5.13 Å². The monoisotopic (exact) mass is 306 g/mol. The zero-order chi connectivity index (χ0) is 14.3. The average molecular weight is 306 g/mol. The fourth-order valence-corrected chi connectivity index (χ4v) is 3.49. The Labute approximate surface area is 124 Å². The molecule has 0 radical (unpaired) electrons. The van der Waals surface area contributed by atoms with E-state index < -0.39 is 0 Å². The van der Waals surface area contributed by atoms with Crippen molar-refractivity contribution in [2.24, 2.45) is 0 Å². The molecule has 7 heteroatoms. The third-order valence-corrected chi connectivity index (χ3v) is 4.69. The molecule has 5 nitrogen and oxygen atoms in total.